The van der Waals surface area contributed by atoms with E-state index in [1.807, 2.05) is 0 Å². The SMILES string of the molecule is COc1cccc(/C=C/C(=O)Nc2ccccc2C(=O)NCc2ccco2)c1OC(F)F. The van der Waals surface area contributed by atoms with Gasteiger partial charge in [-0.1, -0.05) is 24.3 Å². The summed E-state index contributed by atoms with van der Waals surface area (Å²) >= 11 is 0. The molecule has 0 aliphatic heterocycles. The summed E-state index contributed by atoms with van der Waals surface area (Å²) in [5.41, 5.74) is 0.766. The van der Waals surface area contributed by atoms with Crippen molar-refractivity contribution in [3.63, 3.8) is 0 Å². The number of ether oxygens (including phenoxy) is 2. The minimum atomic E-state index is -3.06. The van der Waals surface area contributed by atoms with Crippen molar-refractivity contribution in [3.05, 3.63) is 83.8 Å². The van der Waals surface area contributed by atoms with Gasteiger partial charge in [0.15, 0.2) is 11.5 Å². The van der Waals surface area contributed by atoms with E-state index in [9.17, 15) is 18.4 Å². The topological polar surface area (TPSA) is 89.8 Å². The van der Waals surface area contributed by atoms with Gasteiger partial charge in [0.2, 0.25) is 5.91 Å². The van der Waals surface area contributed by atoms with Crippen LogP contribution in [0.5, 0.6) is 11.5 Å². The largest absolute Gasteiger partial charge is 0.493 e. The molecule has 3 rings (SSSR count). The van der Waals surface area contributed by atoms with Crippen molar-refractivity contribution in [1.29, 1.82) is 0 Å². The van der Waals surface area contributed by atoms with Crippen LogP contribution in [0.2, 0.25) is 0 Å². The molecule has 0 fully saturated rings. The van der Waals surface area contributed by atoms with Crippen molar-refractivity contribution in [1.82, 2.24) is 5.32 Å². The first-order chi connectivity index (χ1) is 15.5. The number of rotatable bonds is 9. The Balaban J connectivity index is 1.72. The molecular formula is C23H20F2N2O5. The Morgan fingerprint density at radius 1 is 1.09 bits per heavy atom. The van der Waals surface area contributed by atoms with Crippen molar-refractivity contribution in [3.8, 4) is 11.5 Å². The van der Waals surface area contributed by atoms with Crippen molar-refractivity contribution in [2.75, 3.05) is 12.4 Å². The van der Waals surface area contributed by atoms with Crippen LogP contribution in [0.4, 0.5) is 14.5 Å². The summed E-state index contributed by atoms with van der Waals surface area (Å²) in [6.45, 7) is -2.87. The maximum atomic E-state index is 12.8. The fraction of sp³-hybridized carbons (Fsp3) is 0.130. The van der Waals surface area contributed by atoms with Crippen LogP contribution < -0.4 is 20.1 Å². The molecule has 32 heavy (non-hydrogen) atoms. The van der Waals surface area contributed by atoms with Crippen LogP contribution in [0.1, 0.15) is 21.7 Å². The first-order valence-electron chi connectivity index (χ1n) is 9.48. The Morgan fingerprint density at radius 2 is 1.91 bits per heavy atom. The summed E-state index contributed by atoms with van der Waals surface area (Å²) < 4.78 is 40.2. The summed E-state index contributed by atoms with van der Waals surface area (Å²) in [4.78, 5) is 24.9. The van der Waals surface area contributed by atoms with Crippen LogP contribution in [0.15, 0.2) is 71.4 Å². The molecule has 0 spiro atoms. The van der Waals surface area contributed by atoms with Crippen LogP contribution in [-0.4, -0.2) is 25.5 Å². The van der Waals surface area contributed by atoms with Crippen molar-refractivity contribution < 1.29 is 32.3 Å². The van der Waals surface area contributed by atoms with E-state index in [4.69, 9.17) is 9.15 Å². The van der Waals surface area contributed by atoms with Crippen LogP contribution >= 0.6 is 0 Å². The van der Waals surface area contributed by atoms with Crippen molar-refractivity contribution in [2.45, 2.75) is 13.2 Å². The van der Waals surface area contributed by atoms with Crippen LogP contribution in [0.3, 0.4) is 0 Å². The first kappa shape index (κ1) is 22.5. The molecule has 0 bridgehead atoms. The van der Waals surface area contributed by atoms with E-state index in [0.717, 1.165) is 6.08 Å². The van der Waals surface area contributed by atoms with Gasteiger partial charge in [-0.15, -0.1) is 0 Å². The van der Waals surface area contributed by atoms with Gasteiger partial charge in [0.25, 0.3) is 5.91 Å². The standard InChI is InChI=1S/C23H20F2N2O5/c1-30-19-10-4-6-15(21(19)32-23(24)25)11-12-20(28)27-18-9-3-2-8-17(18)22(29)26-14-16-7-5-13-31-16/h2-13,23H,14H2,1H3,(H,26,29)(H,27,28)/b12-11+. The van der Waals surface area contributed by atoms with Crippen molar-refractivity contribution >= 4 is 23.6 Å². The molecule has 0 saturated carbocycles. The normalized spacial score (nSPS) is 10.9. The second-order valence-electron chi connectivity index (χ2n) is 6.39. The van der Waals surface area contributed by atoms with E-state index < -0.39 is 18.4 Å². The molecule has 2 amide bonds. The number of anilines is 1. The number of nitrogens with one attached hydrogen (secondary N) is 2. The van der Waals surface area contributed by atoms with Gasteiger partial charge in [0.1, 0.15) is 5.76 Å². The molecule has 0 saturated heterocycles. The summed E-state index contributed by atoms with van der Waals surface area (Å²) in [5.74, 6) is -0.468. The highest BCUT2D eigenvalue weighted by molar-refractivity contribution is 6.07. The lowest BCUT2D eigenvalue weighted by molar-refractivity contribution is -0.111. The Kier molecular flexibility index (Phi) is 7.58. The molecule has 3 aromatic rings. The Bertz CT molecular complexity index is 1100. The fourth-order valence-electron chi connectivity index (χ4n) is 2.85. The number of carbonyl (C=O) groups excluding carboxylic acids is 2. The summed E-state index contributed by atoms with van der Waals surface area (Å²) in [5, 5.41) is 5.32. The third-order valence-corrected chi connectivity index (χ3v) is 4.28. The zero-order valence-electron chi connectivity index (χ0n) is 17.0. The molecule has 0 radical (unpaired) electrons. The molecule has 7 nitrogen and oxygen atoms in total. The molecule has 2 aromatic carbocycles. The molecular weight excluding hydrogens is 422 g/mol. The van der Waals surface area contributed by atoms with Crippen LogP contribution in [-0.2, 0) is 11.3 Å². The van der Waals surface area contributed by atoms with Crippen LogP contribution in [0.25, 0.3) is 6.08 Å². The Labute approximate surface area is 182 Å². The maximum absolute atomic E-state index is 12.8. The van der Waals surface area contributed by atoms with Gasteiger partial charge in [0, 0.05) is 11.6 Å². The fourth-order valence-corrected chi connectivity index (χ4v) is 2.85. The van der Waals surface area contributed by atoms with Crippen molar-refractivity contribution in [2.24, 2.45) is 0 Å². The number of benzene rings is 2. The molecule has 166 valence electrons. The number of halogens is 2. The summed E-state index contributed by atoms with van der Waals surface area (Å²) in [7, 11) is 1.32. The minimum absolute atomic E-state index is 0.103. The molecule has 0 atom stereocenters. The quantitative estimate of drug-likeness (QED) is 0.477. The predicted octanol–water partition coefficient (Wildman–Crippen LogP) is 4.47. The second-order valence-corrected chi connectivity index (χ2v) is 6.39. The van der Waals surface area contributed by atoms with Gasteiger partial charge in [-0.25, -0.2) is 0 Å². The zero-order valence-corrected chi connectivity index (χ0v) is 17.0. The average Bonchev–Trinajstić information content (AvgIpc) is 3.30. The van der Waals surface area contributed by atoms with E-state index in [0.29, 0.717) is 5.76 Å². The summed E-state index contributed by atoms with van der Waals surface area (Å²) in [6, 6.07) is 14.4. The number of methoxy groups -OCH3 is 1. The van der Waals surface area contributed by atoms with Gasteiger partial charge < -0.3 is 24.5 Å². The number of amides is 2. The highest BCUT2D eigenvalue weighted by atomic mass is 19.3. The second kappa shape index (κ2) is 10.8. The molecule has 1 aromatic heterocycles. The van der Waals surface area contributed by atoms with E-state index in [-0.39, 0.29) is 34.9 Å². The third kappa shape index (κ3) is 5.94. The number of carbonyl (C=O) groups is 2. The molecule has 0 aliphatic carbocycles. The lowest BCUT2D eigenvalue weighted by Gasteiger charge is -2.12. The van der Waals surface area contributed by atoms with E-state index >= 15 is 0 Å². The lowest BCUT2D eigenvalue weighted by Crippen LogP contribution is -2.24. The first-order valence-corrected chi connectivity index (χ1v) is 9.48. The molecule has 0 aliphatic rings. The average molecular weight is 442 g/mol. The molecule has 2 N–H and O–H groups in total. The van der Waals surface area contributed by atoms with E-state index in [1.54, 1.807) is 42.5 Å². The minimum Gasteiger partial charge on any atom is -0.493 e. The summed E-state index contributed by atoms with van der Waals surface area (Å²) in [6.07, 6.45) is 3.96. The third-order valence-electron chi connectivity index (χ3n) is 4.28. The molecule has 9 heteroatoms. The predicted molar refractivity (Wildman–Crippen MR) is 114 cm³/mol. The number of hydrogen-bond acceptors (Lipinski definition) is 5. The van der Waals surface area contributed by atoms with Gasteiger partial charge in [-0.05, 0) is 36.4 Å². The molecule has 1 heterocycles. The van der Waals surface area contributed by atoms with E-state index in [2.05, 4.69) is 15.4 Å². The van der Waals surface area contributed by atoms with Gasteiger partial charge >= 0.3 is 6.61 Å². The highest BCUT2D eigenvalue weighted by Gasteiger charge is 2.15. The number of hydrogen-bond donors (Lipinski definition) is 2. The number of furan rings is 1. The maximum Gasteiger partial charge on any atom is 0.387 e. The van der Waals surface area contributed by atoms with Gasteiger partial charge in [-0.2, -0.15) is 8.78 Å². The smallest absolute Gasteiger partial charge is 0.387 e. The zero-order chi connectivity index (χ0) is 22.9. The van der Waals surface area contributed by atoms with Crippen LogP contribution in [0, 0.1) is 0 Å². The Hall–Kier alpha value is -4.14. The van der Waals surface area contributed by atoms with E-state index in [1.165, 1.54) is 31.6 Å². The Morgan fingerprint density at radius 3 is 2.62 bits per heavy atom. The van der Waals surface area contributed by atoms with Gasteiger partial charge in [0.05, 0.1) is 31.2 Å². The number of alkyl halides is 2. The monoisotopic (exact) mass is 442 g/mol. The molecule has 0 unspecified atom stereocenters. The lowest BCUT2D eigenvalue weighted by atomic mass is 10.1. The van der Waals surface area contributed by atoms with Gasteiger partial charge in [-0.3, -0.25) is 9.59 Å². The number of para-hydroxylation sites is 2. The highest BCUT2D eigenvalue weighted by Crippen LogP contribution is 2.33.